The predicted octanol–water partition coefficient (Wildman–Crippen LogP) is 2.29. The quantitative estimate of drug-likeness (QED) is 0.528. The molecule has 0 aromatic heterocycles. The number of alkyl carbamates (subject to hydrolysis) is 1. The maximum atomic E-state index is 13.3. The standard InChI is InChI=1S/C21H20F2N2O6/c22-11-17(26)16(10-18(27)28)24-20(29)19(14-6-8-15(23)9-7-14)25-21(30)31-12-13-4-2-1-3-5-13/h1-9,16,19H,10-12H2,(H,24,29)(H,25,30)(H,27,28)/t16-,19-/m0/s1. The first-order chi connectivity index (χ1) is 14.8. The molecule has 3 N–H and O–H groups in total. The lowest BCUT2D eigenvalue weighted by molar-refractivity contribution is -0.140. The molecule has 2 aromatic carbocycles. The van der Waals surface area contributed by atoms with E-state index < -0.39 is 54.7 Å². The van der Waals surface area contributed by atoms with Crippen LogP contribution >= 0.6 is 0 Å². The summed E-state index contributed by atoms with van der Waals surface area (Å²) in [7, 11) is 0. The van der Waals surface area contributed by atoms with Crippen molar-refractivity contribution in [1.29, 1.82) is 0 Å². The van der Waals surface area contributed by atoms with E-state index in [-0.39, 0.29) is 12.2 Å². The zero-order chi connectivity index (χ0) is 22.8. The molecular weight excluding hydrogens is 414 g/mol. The van der Waals surface area contributed by atoms with Crippen molar-refractivity contribution < 1.29 is 37.8 Å². The van der Waals surface area contributed by atoms with E-state index in [2.05, 4.69) is 10.6 Å². The summed E-state index contributed by atoms with van der Waals surface area (Å²) < 4.78 is 31.1. The third-order valence-corrected chi connectivity index (χ3v) is 4.16. The molecule has 0 aliphatic rings. The molecule has 0 aliphatic carbocycles. The number of amides is 2. The molecular formula is C21H20F2N2O6. The molecule has 0 heterocycles. The van der Waals surface area contributed by atoms with Crippen molar-refractivity contribution in [3.05, 3.63) is 71.5 Å². The second kappa shape index (κ2) is 11.4. The number of halogens is 2. The third-order valence-electron chi connectivity index (χ3n) is 4.16. The zero-order valence-electron chi connectivity index (χ0n) is 16.2. The molecule has 8 nitrogen and oxygen atoms in total. The fourth-order valence-corrected chi connectivity index (χ4v) is 2.61. The fraction of sp³-hybridized carbons (Fsp3) is 0.238. The van der Waals surface area contributed by atoms with Gasteiger partial charge in [-0.2, -0.15) is 0 Å². The van der Waals surface area contributed by atoms with Crippen LogP contribution < -0.4 is 10.6 Å². The van der Waals surface area contributed by atoms with Gasteiger partial charge < -0.3 is 20.5 Å². The molecule has 0 radical (unpaired) electrons. The molecule has 10 heteroatoms. The Bertz CT molecular complexity index is 921. The number of benzene rings is 2. The number of carbonyl (C=O) groups is 4. The Kier molecular flexibility index (Phi) is 8.62. The first-order valence-corrected chi connectivity index (χ1v) is 9.13. The Morgan fingerprint density at radius 2 is 1.61 bits per heavy atom. The van der Waals surface area contributed by atoms with Crippen LogP contribution in [0.5, 0.6) is 0 Å². The maximum Gasteiger partial charge on any atom is 0.408 e. The number of ketones is 1. The fourth-order valence-electron chi connectivity index (χ4n) is 2.61. The summed E-state index contributed by atoms with van der Waals surface area (Å²) in [5.41, 5.74) is 0.827. The average molecular weight is 434 g/mol. The van der Waals surface area contributed by atoms with Crippen LogP contribution in [0.25, 0.3) is 0 Å². The number of carboxylic acids is 1. The van der Waals surface area contributed by atoms with Crippen LogP contribution in [0, 0.1) is 5.82 Å². The van der Waals surface area contributed by atoms with Gasteiger partial charge >= 0.3 is 12.1 Å². The topological polar surface area (TPSA) is 122 Å². The van der Waals surface area contributed by atoms with Gasteiger partial charge in [-0.1, -0.05) is 42.5 Å². The number of Topliss-reactive ketones (excluding diaryl/α,β-unsaturated/α-hetero) is 1. The number of carbonyl (C=O) groups excluding carboxylic acids is 3. The average Bonchev–Trinajstić information content (AvgIpc) is 2.76. The lowest BCUT2D eigenvalue weighted by atomic mass is 10.0. The minimum Gasteiger partial charge on any atom is -0.481 e. The highest BCUT2D eigenvalue weighted by Crippen LogP contribution is 2.16. The normalized spacial score (nSPS) is 12.3. The van der Waals surface area contributed by atoms with Gasteiger partial charge in [0.1, 0.15) is 31.2 Å². The summed E-state index contributed by atoms with van der Waals surface area (Å²) in [6.45, 7) is -1.57. The van der Waals surface area contributed by atoms with Gasteiger partial charge in [-0.25, -0.2) is 13.6 Å². The van der Waals surface area contributed by atoms with Crippen molar-refractivity contribution >= 4 is 23.8 Å². The van der Waals surface area contributed by atoms with E-state index in [9.17, 15) is 28.0 Å². The third kappa shape index (κ3) is 7.50. The number of carboxylic acid groups (broad SMARTS) is 1. The number of alkyl halides is 1. The Balaban J connectivity index is 2.16. The largest absolute Gasteiger partial charge is 0.481 e. The minimum absolute atomic E-state index is 0.0909. The Morgan fingerprint density at radius 3 is 2.19 bits per heavy atom. The molecule has 2 rings (SSSR count). The van der Waals surface area contributed by atoms with Gasteiger partial charge in [0.25, 0.3) is 0 Å². The lowest BCUT2D eigenvalue weighted by Gasteiger charge is -2.22. The summed E-state index contributed by atoms with van der Waals surface area (Å²) in [6.07, 6.45) is -1.83. The van der Waals surface area contributed by atoms with Crippen molar-refractivity contribution in [2.45, 2.75) is 25.1 Å². The molecule has 0 saturated carbocycles. The highest BCUT2D eigenvalue weighted by molar-refractivity contribution is 5.95. The van der Waals surface area contributed by atoms with Crippen LogP contribution in [0.4, 0.5) is 13.6 Å². The van der Waals surface area contributed by atoms with Crippen molar-refractivity contribution in [3.63, 3.8) is 0 Å². The smallest absolute Gasteiger partial charge is 0.408 e. The molecule has 2 aromatic rings. The maximum absolute atomic E-state index is 13.3. The summed E-state index contributed by atoms with van der Waals surface area (Å²) in [4.78, 5) is 47.5. The minimum atomic E-state index is -1.64. The van der Waals surface area contributed by atoms with Gasteiger partial charge in [0.15, 0.2) is 5.78 Å². The van der Waals surface area contributed by atoms with Gasteiger partial charge in [-0.15, -0.1) is 0 Å². The van der Waals surface area contributed by atoms with Gasteiger partial charge in [0.05, 0.1) is 6.42 Å². The van der Waals surface area contributed by atoms with Gasteiger partial charge in [0.2, 0.25) is 5.91 Å². The van der Waals surface area contributed by atoms with Crippen molar-refractivity contribution in [1.82, 2.24) is 10.6 Å². The van der Waals surface area contributed by atoms with E-state index in [4.69, 9.17) is 9.84 Å². The lowest BCUT2D eigenvalue weighted by Crippen LogP contribution is -2.48. The molecule has 0 bridgehead atoms. The first-order valence-electron chi connectivity index (χ1n) is 9.13. The molecule has 2 amide bonds. The molecule has 0 unspecified atom stereocenters. The molecule has 31 heavy (non-hydrogen) atoms. The number of ether oxygens (including phenoxy) is 1. The number of rotatable bonds is 10. The number of aliphatic carboxylic acids is 1. The second-order valence-corrected chi connectivity index (χ2v) is 6.45. The molecule has 0 saturated heterocycles. The van der Waals surface area contributed by atoms with Gasteiger partial charge in [0, 0.05) is 0 Å². The molecule has 0 spiro atoms. The second-order valence-electron chi connectivity index (χ2n) is 6.45. The Morgan fingerprint density at radius 1 is 0.968 bits per heavy atom. The van der Waals surface area contributed by atoms with E-state index in [0.717, 1.165) is 12.1 Å². The van der Waals surface area contributed by atoms with Crippen molar-refractivity contribution in [3.8, 4) is 0 Å². The van der Waals surface area contributed by atoms with E-state index in [1.54, 1.807) is 30.3 Å². The first kappa shape index (κ1) is 23.5. The molecule has 0 aliphatic heterocycles. The van der Waals surface area contributed by atoms with E-state index >= 15 is 0 Å². The Hall–Kier alpha value is -3.82. The zero-order valence-corrected chi connectivity index (χ0v) is 16.2. The van der Waals surface area contributed by atoms with Crippen LogP contribution in [0.2, 0.25) is 0 Å². The molecule has 0 fully saturated rings. The summed E-state index contributed by atoms with van der Waals surface area (Å²) in [5, 5.41) is 13.3. The number of hydrogen-bond donors (Lipinski definition) is 3. The van der Waals surface area contributed by atoms with Crippen LogP contribution in [-0.4, -0.2) is 41.6 Å². The number of hydrogen-bond acceptors (Lipinski definition) is 5. The van der Waals surface area contributed by atoms with Gasteiger partial charge in [-0.3, -0.25) is 14.4 Å². The monoisotopic (exact) mass is 434 g/mol. The van der Waals surface area contributed by atoms with Crippen molar-refractivity contribution in [2.24, 2.45) is 0 Å². The van der Waals surface area contributed by atoms with E-state index in [0.29, 0.717) is 5.56 Å². The SMILES string of the molecule is O=C(O)C[C@H](NC(=O)[C@@H](NC(=O)OCc1ccccc1)c1ccc(F)cc1)C(=O)CF. The number of nitrogens with one attached hydrogen (secondary N) is 2. The van der Waals surface area contributed by atoms with Crippen LogP contribution in [0.3, 0.4) is 0 Å². The van der Waals surface area contributed by atoms with Crippen molar-refractivity contribution in [2.75, 3.05) is 6.67 Å². The summed E-state index contributed by atoms with van der Waals surface area (Å²) in [6, 6.07) is 10.2. The highest BCUT2D eigenvalue weighted by Gasteiger charge is 2.29. The predicted molar refractivity (Wildman–Crippen MR) is 104 cm³/mol. The summed E-state index contributed by atoms with van der Waals surface area (Å²) in [5.74, 6) is -4.15. The highest BCUT2D eigenvalue weighted by atomic mass is 19.1. The van der Waals surface area contributed by atoms with Crippen LogP contribution in [-0.2, 0) is 25.7 Å². The Labute approximate surface area is 176 Å². The molecule has 2 atom stereocenters. The summed E-state index contributed by atoms with van der Waals surface area (Å²) >= 11 is 0. The van der Waals surface area contributed by atoms with Crippen LogP contribution in [0.15, 0.2) is 54.6 Å². The van der Waals surface area contributed by atoms with E-state index in [1.165, 1.54) is 12.1 Å². The molecule has 164 valence electrons. The van der Waals surface area contributed by atoms with Crippen LogP contribution in [0.1, 0.15) is 23.6 Å². The van der Waals surface area contributed by atoms with E-state index in [1.807, 2.05) is 0 Å². The van der Waals surface area contributed by atoms with Gasteiger partial charge in [-0.05, 0) is 23.3 Å².